The van der Waals surface area contributed by atoms with Crippen molar-refractivity contribution in [2.24, 2.45) is 0 Å². The molecule has 1 atom stereocenters. The van der Waals surface area contributed by atoms with Crippen LogP contribution in [0.5, 0.6) is 0 Å². The van der Waals surface area contributed by atoms with Crippen LogP contribution in [0.4, 0.5) is 0 Å². The van der Waals surface area contributed by atoms with Gasteiger partial charge in [0.1, 0.15) is 5.60 Å². The number of fused-ring (bicyclic) bond motifs is 1. The van der Waals surface area contributed by atoms with Crippen LogP contribution in [0.15, 0.2) is 133 Å². The third kappa shape index (κ3) is 4.98. The lowest BCUT2D eigenvalue weighted by atomic mass is 9.80. The molecule has 3 nitrogen and oxygen atoms in total. The highest BCUT2D eigenvalue weighted by atomic mass is 16.5. The Morgan fingerprint density at radius 2 is 1.21 bits per heavy atom. The van der Waals surface area contributed by atoms with E-state index in [1.54, 1.807) is 0 Å². The summed E-state index contributed by atoms with van der Waals surface area (Å²) in [5.41, 5.74) is 3.73. The molecule has 6 rings (SSSR count). The number of ether oxygens (including phenoxy) is 1. The molecule has 0 aromatic heterocycles. The molecule has 39 heavy (non-hydrogen) atoms. The van der Waals surface area contributed by atoms with Crippen molar-refractivity contribution in [3.05, 3.63) is 156 Å². The predicted molar refractivity (Wildman–Crippen MR) is 158 cm³/mol. The molecule has 1 aliphatic heterocycles. The molecule has 0 radical (unpaired) electrons. The molecule has 1 amide bonds. The molecule has 3 heteroatoms. The van der Waals surface area contributed by atoms with Gasteiger partial charge < -0.3 is 9.64 Å². The average molecular weight is 512 g/mol. The quantitative estimate of drug-likeness (QED) is 0.193. The van der Waals surface area contributed by atoms with Crippen LogP contribution in [0.1, 0.15) is 35.1 Å². The number of amides is 1. The molecule has 1 heterocycles. The number of rotatable bonds is 9. The van der Waals surface area contributed by atoms with Crippen LogP contribution in [-0.2, 0) is 21.6 Å². The minimum absolute atomic E-state index is 0.0305. The van der Waals surface area contributed by atoms with Crippen LogP contribution in [0.2, 0.25) is 0 Å². The van der Waals surface area contributed by atoms with Gasteiger partial charge >= 0.3 is 0 Å². The van der Waals surface area contributed by atoms with Crippen LogP contribution in [0.25, 0.3) is 10.8 Å². The van der Waals surface area contributed by atoms with E-state index in [4.69, 9.17) is 4.74 Å². The molecular formula is C36H33NO2. The van der Waals surface area contributed by atoms with E-state index in [9.17, 15) is 4.79 Å². The van der Waals surface area contributed by atoms with E-state index in [1.165, 1.54) is 16.3 Å². The summed E-state index contributed by atoms with van der Waals surface area (Å²) in [5.74, 6) is 0.216. The molecule has 0 N–H and O–H groups in total. The zero-order chi connectivity index (χ0) is 26.5. The Balaban J connectivity index is 1.30. The fourth-order valence-electron chi connectivity index (χ4n) is 6.01. The second-order valence-electron chi connectivity index (χ2n) is 10.3. The van der Waals surface area contributed by atoms with Crippen molar-refractivity contribution < 1.29 is 9.53 Å². The third-order valence-corrected chi connectivity index (χ3v) is 7.99. The van der Waals surface area contributed by atoms with Gasteiger partial charge in [-0.3, -0.25) is 4.79 Å². The average Bonchev–Trinajstić information content (AvgIpc) is 3.36. The van der Waals surface area contributed by atoms with E-state index in [-0.39, 0.29) is 11.9 Å². The Morgan fingerprint density at radius 3 is 1.82 bits per heavy atom. The van der Waals surface area contributed by atoms with Crippen LogP contribution in [0, 0.1) is 0 Å². The second-order valence-corrected chi connectivity index (χ2v) is 10.3. The lowest BCUT2D eigenvalue weighted by Crippen LogP contribution is -2.41. The minimum Gasteiger partial charge on any atom is -0.359 e. The standard InChI is InChI=1S/C36H33NO2/c38-35-24-23-33(37(35)26-25-29-15-12-14-28-13-10-11-22-34(28)29)27-39-36(30-16-4-1-5-17-30,31-18-6-2-7-19-31)32-20-8-3-9-21-32/h1-22,33H,23-27H2/t33-/m0/s1. The molecule has 0 spiro atoms. The molecule has 1 fully saturated rings. The zero-order valence-corrected chi connectivity index (χ0v) is 22.1. The SMILES string of the molecule is O=C1CC[C@@H](COC(c2ccccc2)(c2ccccc2)c2ccccc2)N1CCc1cccc2ccccc12. The summed E-state index contributed by atoms with van der Waals surface area (Å²) >= 11 is 0. The largest absolute Gasteiger partial charge is 0.359 e. The summed E-state index contributed by atoms with van der Waals surface area (Å²) in [5, 5.41) is 2.50. The van der Waals surface area contributed by atoms with Crippen LogP contribution >= 0.6 is 0 Å². The fourth-order valence-corrected chi connectivity index (χ4v) is 6.01. The molecule has 1 aliphatic rings. The normalized spacial score (nSPS) is 15.6. The molecule has 0 aliphatic carbocycles. The number of carbonyl (C=O) groups excluding carboxylic acids is 1. The minimum atomic E-state index is -0.781. The van der Waals surface area contributed by atoms with Crippen molar-refractivity contribution >= 4 is 16.7 Å². The van der Waals surface area contributed by atoms with E-state index >= 15 is 0 Å². The first-order valence-electron chi connectivity index (χ1n) is 13.8. The Morgan fingerprint density at radius 1 is 0.667 bits per heavy atom. The van der Waals surface area contributed by atoms with Gasteiger partial charge in [0.15, 0.2) is 0 Å². The molecule has 5 aromatic rings. The maximum Gasteiger partial charge on any atom is 0.222 e. The first-order chi connectivity index (χ1) is 19.3. The Kier molecular flexibility index (Phi) is 7.25. The molecular weight excluding hydrogens is 478 g/mol. The third-order valence-electron chi connectivity index (χ3n) is 7.99. The van der Waals surface area contributed by atoms with Gasteiger partial charge in [0, 0.05) is 13.0 Å². The lowest BCUT2D eigenvalue weighted by molar-refractivity contribution is -0.130. The molecule has 194 valence electrons. The van der Waals surface area contributed by atoms with E-state index in [0.29, 0.717) is 19.6 Å². The van der Waals surface area contributed by atoms with Gasteiger partial charge in [-0.2, -0.15) is 0 Å². The lowest BCUT2D eigenvalue weighted by Gasteiger charge is -2.38. The van der Waals surface area contributed by atoms with Crippen molar-refractivity contribution in [3.63, 3.8) is 0 Å². The maximum atomic E-state index is 13.1. The maximum absolute atomic E-state index is 13.1. The van der Waals surface area contributed by atoms with E-state index in [0.717, 1.165) is 29.5 Å². The number of likely N-dealkylation sites (tertiary alicyclic amines) is 1. The van der Waals surface area contributed by atoms with Gasteiger partial charge in [-0.15, -0.1) is 0 Å². The van der Waals surface area contributed by atoms with Gasteiger partial charge in [0.25, 0.3) is 0 Å². The van der Waals surface area contributed by atoms with Crippen LogP contribution in [0.3, 0.4) is 0 Å². The number of carbonyl (C=O) groups is 1. The fraction of sp³-hybridized carbons (Fsp3) is 0.194. The number of hydrogen-bond donors (Lipinski definition) is 0. The van der Waals surface area contributed by atoms with Gasteiger partial charge in [-0.1, -0.05) is 133 Å². The number of benzene rings is 5. The first-order valence-corrected chi connectivity index (χ1v) is 13.8. The molecule has 1 saturated heterocycles. The summed E-state index contributed by atoms with van der Waals surface area (Å²) in [4.78, 5) is 15.1. The molecule has 0 unspecified atom stereocenters. The Hall–Kier alpha value is -4.21. The molecule has 5 aromatic carbocycles. The van der Waals surface area contributed by atoms with Gasteiger partial charge in [-0.25, -0.2) is 0 Å². The van der Waals surface area contributed by atoms with Crippen LogP contribution in [-0.4, -0.2) is 30.0 Å². The van der Waals surface area contributed by atoms with Gasteiger partial charge in [-0.05, 0) is 45.9 Å². The van der Waals surface area contributed by atoms with E-state index in [1.807, 2.05) is 23.1 Å². The van der Waals surface area contributed by atoms with Crippen molar-refractivity contribution in [2.45, 2.75) is 30.9 Å². The summed E-state index contributed by atoms with van der Waals surface area (Å²) in [6.45, 7) is 1.15. The van der Waals surface area contributed by atoms with Crippen molar-refractivity contribution in [3.8, 4) is 0 Å². The molecule has 0 bridgehead atoms. The van der Waals surface area contributed by atoms with Crippen molar-refractivity contribution in [2.75, 3.05) is 13.2 Å². The first kappa shape index (κ1) is 25.1. The molecule has 0 saturated carbocycles. The highest BCUT2D eigenvalue weighted by Gasteiger charge is 2.40. The van der Waals surface area contributed by atoms with E-state index in [2.05, 4.69) is 115 Å². The summed E-state index contributed by atoms with van der Waals surface area (Å²) in [6, 6.07) is 46.3. The highest BCUT2D eigenvalue weighted by Crippen LogP contribution is 2.41. The number of nitrogens with zero attached hydrogens (tertiary/aromatic N) is 1. The summed E-state index contributed by atoms with van der Waals surface area (Å²) in [6.07, 6.45) is 2.20. The summed E-state index contributed by atoms with van der Waals surface area (Å²) < 4.78 is 7.08. The van der Waals surface area contributed by atoms with Crippen molar-refractivity contribution in [1.82, 2.24) is 4.90 Å². The second kappa shape index (κ2) is 11.3. The zero-order valence-electron chi connectivity index (χ0n) is 22.1. The monoisotopic (exact) mass is 511 g/mol. The Labute approximate surface area is 230 Å². The predicted octanol–water partition coefficient (Wildman–Crippen LogP) is 7.38. The highest BCUT2D eigenvalue weighted by molar-refractivity contribution is 5.85. The van der Waals surface area contributed by atoms with E-state index < -0.39 is 5.60 Å². The topological polar surface area (TPSA) is 29.5 Å². The van der Waals surface area contributed by atoms with Crippen molar-refractivity contribution in [1.29, 1.82) is 0 Å². The van der Waals surface area contributed by atoms with Crippen LogP contribution < -0.4 is 0 Å². The Bertz CT molecular complexity index is 1430. The van der Waals surface area contributed by atoms with Gasteiger partial charge in [0.2, 0.25) is 5.91 Å². The summed E-state index contributed by atoms with van der Waals surface area (Å²) in [7, 11) is 0. The van der Waals surface area contributed by atoms with Gasteiger partial charge in [0.05, 0.1) is 12.6 Å². The smallest absolute Gasteiger partial charge is 0.222 e. The number of hydrogen-bond acceptors (Lipinski definition) is 2.